The number of aromatic nitrogens is 3. The molecule has 1 aliphatic heterocycles. The van der Waals surface area contributed by atoms with E-state index in [1.54, 1.807) is 4.90 Å². The van der Waals surface area contributed by atoms with Crippen LogP contribution in [0.2, 0.25) is 0 Å². The maximum absolute atomic E-state index is 8.54. The first-order valence-electron chi connectivity index (χ1n) is 5.96. The summed E-state index contributed by atoms with van der Waals surface area (Å²) in [5, 5.41) is 8.54. The van der Waals surface area contributed by atoms with Gasteiger partial charge < -0.3 is 19.3 Å². The van der Waals surface area contributed by atoms with Gasteiger partial charge in [0.2, 0.25) is 11.9 Å². The number of hydrogen-bond acceptors (Lipinski definition) is 8. The number of nitriles is 1. The van der Waals surface area contributed by atoms with Crippen LogP contribution in [-0.2, 0) is 4.74 Å². The van der Waals surface area contributed by atoms with E-state index in [0.717, 1.165) is 13.1 Å². The Labute approximate surface area is 111 Å². The molecule has 0 aliphatic carbocycles. The maximum Gasteiger partial charge on any atom is 0.324 e. The summed E-state index contributed by atoms with van der Waals surface area (Å²) in [5.74, 6) is 1.05. The molecule has 0 saturated carbocycles. The summed E-state index contributed by atoms with van der Waals surface area (Å²) >= 11 is 0. The van der Waals surface area contributed by atoms with Crippen LogP contribution in [0.1, 0.15) is 0 Å². The summed E-state index contributed by atoms with van der Waals surface area (Å²) in [5.41, 5.74) is 0. The Morgan fingerprint density at radius 3 is 2.68 bits per heavy atom. The first kappa shape index (κ1) is 13.3. The second-order valence-electron chi connectivity index (χ2n) is 4.16. The van der Waals surface area contributed by atoms with E-state index in [2.05, 4.69) is 15.0 Å². The molecule has 19 heavy (non-hydrogen) atoms. The van der Waals surface area contributed by atoms with Crippen LogP contribution in [-0.4, -0.2) is 62.0 Å². The number of ether oxygens (including phenoxy) is 2. The van der Waals surface area contributed by atoms with E-state index in [0.29, 0.717) is 25.1 Å². The van der Waals surface area contributed by atoms with Crippen molar-refractivity contribution in [3.05, 3.63) is 0 Å². The van der Waals surface area contributed by atoms with E-state index < -0.39 is 0 Å². The fourth-order valence-electron chi connectivity index (χ4n) is 1.60. The maximum atomic E-state index is 8.54. The molecule has 102 valence electrons. The summed E-state index contributed by atoms with van der Waals surface area (Å²) in [6.07, 6.45) is 0. The van der Waals surface area contributed by atoms with Crippen molar-refractivity contribution >= 4 is 11.9 Å². The van der Waals surface area contributed by atoms with Crippen LogP contribution in [0.25, 0.3) is 0 Å². The zero-order valence-corrected chi connectivity index (χ0v) is 11.0. The number of morpholine rings is 1. The Bertz CT molecular complexity index is 467. The first-order chi connectivity index (χ1) is 9.20. The molecule has 0 radical (unpaired) electrons. The molecule has 0 N–H and O–H groups in total. The van der Waals surface area contributed by atoms with Gasteiger partial charge in [-0.2, -0.15) is 20.2 Å². The van der Waals surface area contributed by atoms with Crippen molar-refractivity contribution in [3.63, 3.8) is 0 Å². The molecule has 2 rings (SSSR count). The Morgan fingerprint density at radius 1 is 1.32 bits per heavy atom. The molecule has 1 aromatic heterocycles. The van der Waals surface area contributed by atoms with Crippen molar-refractivity contribution in [2.24, 2.45) is 0 Å². The lowest BCUT2D eigenvalue weighted by molar-refractivity contribution is 0.122. The highest BCUT2D eigenvalue weighted by atomic mass is 16.5. The molecule has 0 atom stereocenters. The molecule has 0 amide bonds. The molecule has 1 fully saturated rings. The van der Waals surface area contributed by atoms with Crippen molar-refractivity contribution in [2.45, 2.75) is 0 Å². The average molecular weight is 264 g/mol. The van der Waals surface area contributed by atoms with E-state index in [9.17, 15) is 0 Å². The van der Waals surface area contributed by atoms with Gasteiger partial charge in [0.25, 0.3) is 0 Å². The number of rotatable bonds is 4. The van der Waals surface area contributed by atoms with Crippen LogP contribution >= 0.6 is 0 Å². The van der Waals surface area contributed by atoms with Gasteiger partial charge in [0.15, 0.2) is 6.61 Å². The highest BCUT2D eigenvalue weighted by Gasteiger charge is 2.17. The predicted molar refractivity (Wildman–Crippen MR) is 68.3 cm³/mol. The molecule has 1 aliphatic rings. The van der Waals surface area contributed by atoms with E-state index in [4.69, 9.17) is 14.7 Å². The van der Waals surface area contributed by atoms with Gasteiger partial charge in [0.1, 0.15) is 6.07 Å². The van der Waals surface area contributed by atoms with Crippen molar-refractivity contribution in [3.8, 4) is 12.1 Å². The van der Waals surface area contributed by atoms with Gasteiger partial charge in [-0.25, -0.2) is 0 Å². The van der Waals surface area contributed by atoms with Gasteiger partial charge in [-0.15, -0.1) is 0 Å². The molecule has 8 heteroatoms. The fourth-order valence-corrected chi connectivity index (χ4v) is 1.60. The molecular weight excluding hydrogens is 248 g/mol. The van der Waals surface area contributed by atoms with E-state index in [-0.39, 0.29) is 12.6 Å². The van der Waals surface area contributed by atoms with Gasteiger partial charge in [-0.3, -0.25) is 0 Å². The SMILES string of the molecule is CN(C)c1nc(OCC#N)nc(N2CCOCC2)n1. The Kier molecular flexibility index (Phi) is 4.30. The molecule has 0 unspecified atom stereocenters. The van der Waals surface area contributed by atoms with Gasteiger partial charge in [0.05, 0.1) is 13.2 Å². The molecule has 8 nitrogen and oxygen atoms in total. The lowest BCUT2D eigenvalue weighted by Gasteiger charge is -2.27. The minimum Gasteiger partial charge on any atom is -0.448 e. The zero-order valence-electron chi connectivity index (χ0n) is 11.0. The van der Waals surface area contributed by atoms with Crippen molar-refractivity contribution in [1.82, 2.24) is 15.0 Å². The summed E-state index contributed by atoms with van der Waals surface area (Å²) < 4.78 is 10.5. The van der Waals surface area contributed by atoms with E-state index >= 15 is 0 Å². The zero-order chi connectivity index (χ0) is 13.7. The lowest BCUT2D eigenvalue weighted by Crippen LogP contribution is -2.37. The molecule has 1 saturated heterocycles. The largest absolute Gasteiger partial charge is 0.448 e. The quantitative estimate of drug-likeness (QED) is 0.731. The summed E-state index contributed by atoms with van der Waals surface area (Å²) in [6.45, 7) is 2.68. The Balaban J connectivity index is 2.25. The minimum absolute atomic E-state index is 0.0839. The molecule has 0 bridgehead atoms. The Hall–Kier alpha value is -2.14. The molecule has 2 heterocycles. The summed E-state index contributed by atoms with van der Waals surface area (Å²) in [6, 6.07) is 2.06. The monoisotopic (exact) mass is 264 g/mol. The van der Waals surface area contributed by atoms with Crippen molar-refractivity contribution in [2.75, 3.05) is 56.8 Å². The third kappa shape index (κ3) is 3.42. The van der Waals surface area contributed by atoms with Crippen LogP contribution in [0.5, 0.6) is 6.01 Å². The molecule has 1 aromatic rings. The smallest absolute Gasteiger partial charge is 0.324 e. The summed E-state index contributed by atoms with van der Waals surface area (Å²) in [4.78, 5) is 16.5. The third-order valence-electron chi connectivity index (χ3n) is 2.55. The number of anilines is 2. The van der Waals surface area contributed by atoms with Crippen molar-refractivity contribution in [1.29, 1.82) is 5.26 Å². The van der Waals surface area contributed by atoms with Crippen LogP contribution in [0.4, 0.5) is 11.9 Å². The second kappa shape index (κ2) is 6.15. The highest BCUT2D eigenvalue weighted by Crippen LogP contribution is 2.17. The number of nitrogens with zero attached hydrogens (tertiary/aromatic N) is 6. The van der Waals surface area contributed by atoms with Gasteiger partial charge in [-0.05, 0) is 0 Å². The minimum atomic E-state index is -0.0839. The van der Waals surface area contributed by atoms with Crippen LogP contribution < -0.4 is 14.5 Å². The van der Waals surface area contributed by atoms with Crippen LogP contribution in [0, 0.1) is 11.3 Å². The van der Waals surface area contributed by atoms with Crippen LogP contribution in [0.3, 0.4) is 0 Å². The fraction of sp³-hybridized carbons (Fsp3) is 0.636. The normalized spacial score (nSPS) is 14.9. The van der Waals surface area contributed by atoms with Crippen molar-refractivity contribution < 1.29 is 9.47 Å². The van der Waals surface area contributed by atoms with E-state index in [1.165, 1.54) is 0 Å². The first-order valence-corrected chi connectivity index (χ1v) is 5.96. The highest BCUT2D eigenvalue weighted by molar-refractivity contribution is 5.39. The van der Waals surface area contributed by atoms with E-state index in [1.807, 2.05) is 25.1 Å². The number of hydrogen-bond donors (Lipinski definition) is 0. The second-order valence-corrected chi connectivity index (χ2v) is 4.16. The summed E-state index contributed by atoms with van der Waals surface area (Å²) in [7, 11) is 3.68. The third-order valence-corrected chi connectivity index (χ3v) is 2.55. The topological polar surface area (TPSA) is 87.4 Å². The van der Waals surface area contributed by atoms with Crippen LogP contribution in [0.15, 0.2) is 0 Å². The standard InChI is InChI=1S/C11H16N6O2/c1-16(2)9-13-10(17-4-7-18-8-5-17)15-11(14-9)19-6-3-12/h4-8H2,1-2H3. The van der Waals surface area contributed by atoms with Gasteiger partial charge in [0, 0.05) is 27.2 Å². The lowest BCUT2D eigenvalue weighted by atomic mass is 10.4. The molecular formula is C11H16N6O2. The predicted octanol–water partition coefficient (Wildman–Crippen LogP) is -0.323. The van der Waals surface area contributed by atoms with Gasteiger partial charge >= 0.3 is 6.01 Å². The van der Waals surface area contributed by atoms with Gasteiger partial charge in [-0.1, -0.05) is 0 Å². The Morgan fingerprint density at radius 2 is 2.05 bits per heavy atom. The molecule has 0 aromatic carbocycles. The molecule has 0 spiro atoms. The average Bonchev–Trinajstić information content (AvgIpc) is 2.45.